The number of para-hydroxylation sites is 1. The van der Waals surface area contributed by atoms with Crippen LogP contribution in [0.25, 0.3) is 0 Å². The van der Waals surface area contributed by atoms with E-state index in [1.54, 1.807) is 30.3 Å². The summed E-state index contributed by atoms with van der Waals surface area (Å²) in [5.74, 6) is -0.498. The van der Waals surface area contributed by atoms with E-state index in [-0.39, 0.29) is 0 Å². The summed E-state index contributed by atoms with van der Waals surface area (Å²) < 4.78 is 25.3. The first kappa shape index (κ1) is 18.6. The quantitative estimate of drug-likeness (QED) is 0.849. The molecule has 8 heteroatoms. The number of amides is 1. The number of halogens is 2. The molecule has 0 spiro atoms. The number of nitrogens with one attached hydrogen (secondary N) is 1. The Morgan fingerprint density at radius 2 is 1.62 bits per heavy atom. The number of hydrogen-bond donors (Lipinski definition) is 1. The highest BCUT2D eigenvalue weighted by atomic mass is 35.5. The normalized spacial score (nSPS) is 12.5. The summed E-state index contributed by atoms with van der Waals surface area (Å²) in [5.41, 5.74) is 0.803. The minimum absolute atomic E-state index is 0.369. The summed E-state index contributed by atoms with van der Waals surface area (Å²) in [7, 11) is -3.65. The van der Waals surface area contributed by atoms with Crippen molar-refractivity contribution < 1.29 is 13.2 Å². The second-order valence-corrected chi connectivity index (χ2v) is 7.95. The third-order valence-electron chi connectivity index (χ3n) is 3.23. The van der Waals surface area contributed by atoms with Crippen LogP contribution in [0.3, 0.4) is 0 Å². The van der Waals surface area contributed by atoms with Crippen LogP contribution >= 0.6 is 23.2 Å². The molecule has 0 aliphatic rings. The lowest BCUT2D eigenvalue weighted by atomic mass is 10.2. The number of carbonyl (C=O) groups is 1. The van der Waals surface area contributed by atoms with Gasteiger partial charge in [-0.2, -0.15) is 0 Å². The minimum atomic E-state index is -3.65. The Bertz CT molecular complexity index is 821. The Kier molecular flexibility index (Phi) is 5.74. The molecule has 5 nitrogen and oxygen atoms in total. The van der Waals surface area contributed by atoms with E-state index in [4.69, 9.17) is 23.2 Å². The number of rotatable bonds is 5. The molecule has 0 unspecified atom stereocenters. The monoisotopic (exact) mass is 386 g/mol. The Morgan fingerprint density at radius 3 is 2.12 bits per heavy atom. The fourth-order valence-corrected chi connectivity index (χ4v) is 3.96. The molecule has 2 aromatic rings. The molecule has 0 saturated carbocycles. The van der Waals surface area contributed by atoms with Gasteiger partial charge in [-0.15, -0.1) is 0 Å². The number of benzene rings is 2. The molecule has 2 aromatic carbocycles. The molecule has 2 rings (SSSR count). The highest BCUT2D eigenvalue weighted by Crippen LogP contribution is 2.24. The lowest BCUT2D eigenvalue weighted by Crippen LogP contribution is -2.45. The maximum absolute atomic E-state index is 12.5. The van der Waals surface area contributed by atoms with Gasteiger partial charge in [0.15, 0.2) is 0 Å². The number of nitrogens with zero attached hydrogens (tertiary/aromatic N) is 1. The Morgan fingerprint density at radius 1 is 1.08 bits per heavy atom. The lowest BCUT2D eigenvalue weighted by molar-refractivity contribution is -0.116. The zero-order valence-electron chi connectivity index (χ0n) is 13.0. The Balaban J connectivity index is 2.29. The second kappa shape index (κ2) is 7.42. The van der Waals surface area contributed by atoms with Crippen LogP contribution in [-0.2, 0) is 14.8 Å². The molecule has 0 saturated heterocycles. The molecule has 128 valence electrons. The fraction of sp³-hybridized carbons (Fsp3) is 0.188. The van der Waals surface area contributed by atoms with E-state index < -0.39 is 22.0 Å². The van der Waals surface area contributed by atoms with Gasteiger partial charge >= 0.3 is 0 Å². The van der Waals surface area contributed by atoms with Gasteiger partial charge in [0, 0.05) is 15.7 Å². The van der Waals surface area contributed by atoms with E-state index in [1.165, 1.54) is 25.1 Å². The highest BCUT2D eigenvalue weighted by Gasteiger charge is 2.29. The Hall–Kier alpha value is -1.76. The van der Waals surface area contributed by atoms with Gasteiger partial charge in [-0.3, -0.25) is 9.10 Å². The molecule has 0 aromatic heterocycles. The van der Waals surface area contributed by atoms with E-state index in [9.17, 15) is 13.2 Å². The number of hydrogen-bond acceptors (Lipinski definition) is 3. The van der Waals surface area contributed by atoms with Crippen LogP contribution in [0.15, 0.2) is 48.5 Å². The molecular weight excluding hydrogens is 371 g/mol. The van der Waals surface area contributed by atoms with E-state index in [2.05, 4.69) is 5.32 Å². The third kappa shape index (κ3) is 4.63. The molecule has 1 amide bonds. The van der Waals surface area contributed by atoms with Gasteiger partial charge in [0.05, 0.1) is 11.9 Å². The average molecular weight is 387 g/mol. The zero-order valence-corrected chi connectivity index (χ0v) is 15.4. The van der Waals surface area contributed by atoms with Crippen molar-refractivity contribution in [3.05, 3.63) is 58.6 Å². The third-order valence-corrected chi connectivity index (χ3v) is 4.91. The van der Waals surface area contributed by atoms with E-state index in [1.807, 2.05) is 0 Å². The first-order chi connectivity index (χ1) is 11.2. The van der Waals surface area contributed by atoms with Crippen LogP contribution in [-0.4, -0.2) is 26.6 Å². The van der Waals surface area contributed by atoms with Crippen molar-refractivity contribution in [1.29, 1.82) is 0 Å². The fourth-order valence-electron chi connectivity index (χ4n) is 2.26. The van der Waals surface area contributed by atoms with Gasteiger partial charge < -0.3 is 5.32 Å². The van der Waals surface area contributed by atoms with E-state index in [0.717, 1.165) is 10.6 Å². The summed E-state index contributed by atoms with van der Waals surface area (Å²) in [6.45, 7) is 1.51. The predicted octanol–water partition coefficient (Wildman–Crippen LogP) is 3.79. The summed E-state index contributed by atoms with van der Waals surface area (Å²) in [5, 5.41) is 3.37. The average Bonchev–Trinajstić information content (AvgIpc) is 2.45. The van der Waals surface area contributed by atoms with Gasteiger partial charge in [0.2, 0.25) is 15.9 Å². The van der Waals surface area contributed by atoms with Crippen LogP contribution in [0.1, 0.15) is 6.92 Å². The summed E-state index contributed by atoms with van der Waals surface area (Å²) in [6.07, 6.45) is 1.06. The van der Waals surface area contributed by atoms with Gasteiger partial charge in [-0.25, -0.2) is 8.42 Å². The maximum atomic E-state index is 12.5. The second-order valence-electron chi connectivity index (χ2n) is 5.22. The van der Waals surface area contributed by atoms with Crippen LogP contribution < -0.4 is 9.62 Å². The SMILES string of the molecule is C[C@@H](C(=O)Nc1cc(Cl)cc(Cl)c1)N(c1ccccc1)S(C)(=O)=O. The van der Waals surface area contributed by atoms with Gasteiger partial charge in [-0.1, -0.05) is 41.4 Å². The molecule has 1 N–H and O–H groups in total. The molecule has 0 fully saturated rings. The van der Waals surface area contributed by atoms with Crippen molar-refractivity contribution in [3.63, 3.8) is 0 Å². The first-order valence-electron chi connectivity index (χ1n) is 7.00. The molecule has 0 heterocycles. The molecule has 0 bridgehead atoms. The molecule has 0 radical (unpaired) electrons. The van der Waals surface area contributed by atoms with Crippen molar-refractivity contribution in [3.8, 4) is 0 Å². The predicted molar refractivity (Wildman–Crippen MR) is 98.3 cm³/mol. The number of carbonyl (C=O) groups excluding carboxylic acids is 1. The minimum Gasteiger partial charge on any atom is -0.324 e. The van der Waals surface area contributed by atoms with Crippen molar-refractivity contribution in [2.75, 3.05) is 15.9 Å². The van der Waals surface area contributed by atoms with Crippen LogP contribution in [0.5, 0.6) is 0 Å². The molecule has 1 atom stereocenters. The Labute approximate surface area is 151 Å². The topological polar surface area (TPSA) is 66.5 Å². The highest BCUT2D eigenvalue weighted by molar-refractivity contribution is 7.92. The van der Waals surface area contributed by atoms with Crippen molar-refractivity contribution in [2.45, 2.75) is 13.0 Å². The number of sulfonamides is 1. The first-order valence-corrected chi connectivity index (χ1v) is 9.60. The van der Waals surface area contributed by atoms with Gasteiger partial charge in [0.25, 0.3) is 0 Å². The van der Waals surface area contributed by atoms with Crippen molar-refractivity contribution in [2.24, 2.45) is 0 Å². The zero-order chi connectivity index (χ0) is 17.9. The summed E-state index contributed by atoms with van der Waals surface area (Å²) in [6, 6.07) is 12.1. The van der Waals surface area contributed by atoms with Crippen LogP contribution in [0, 0.1) is 0 Å². The molecule has 0 aliphatic heterocycles. The summed E-state index contributed by atoms with van der Waals surface area (Å²) in [4.78, 5) is 12.5. The van der Waals surface area contributed by atoms with E-state index in [0.29, 0.717) is 21.4 Å². The van der Waals surface area contributed by atoms with Crippen LogP contribution in [0.4, 0.5) is 11.4 Å². The van der Waals surface area contributed by atoms with Crippen molar-refractivity contribution in [1.82, 2.24) is 0 Å². The summed E-state index contributed by atoms with van der Waals surface area (Å²) >= 11 is 11.8. The number of anilines is 2. The molecule has 24 heavy (non-hydrogen) atoms. The van der Waals surface area contributed by atoms with Gasteiger partial charge in [0.1, 0.15) is 6.04 Å². The molecule has 0 aliphatic carbocycles. The van der Waals surface area contributed by atoms with Crippen LogP contribution in [0.2, 0.25) is 10.0 Å². The lowest BCUT2D eigenvalue weighted by Gasteiger charge is -2.28. The maximum Gasteiger partial charge on any atom is 0.247 e. The van der Waals surface area contributed by atoms with E-state index >= 15 is 0 Å². The smallest absolute Gasteiger partial charge is 0.247 e. The van der Waals surface area contributed by atoms with Crippen molar-refractivity contribution >= 4 is 50.5 Å². The van der Waals surface area contributed by atoms with Gasteiger partial charge in [-0.05, 0) is 37.3 Å². The largest absolute Gasteiger partial charge is 0.324 e. The standard InChI is InChI=1S/C16H16Cl2N2O3S/c1-11(16(21)19-14-9-12(17)8-13(18)10-14)20(24(2,22)23)15-6-4-3-5-7-15/h3-11H,1-2H3,(H,19,21)/t11-/m0/s1. The molecular formula is C16H16Cl2N2O3S.